The van der Waals surface area contributed by atoms with Gasteiger partial charge >= 0.3 is 5.97 Å². The average molecular weight is 456 g/mol. The Morgan fingerprint density at radius 3 is 2.68 bits per heavy atom. The predicted octanol–water partition coefficient (Wildman–Crippen LogP) is 6.12. The van der Waals surface area contributed by atoms with Crippen LogP contribution in [-0.2, 0) is 29.1 Å². The first kappa shape index (κ1) is 22.2. The van der Waals surface area contributed by atoms with Gasteiger partial charge in [-0.3, -0.25) is 4.79 Å². The molecule has 0 radical (unpaired) electrons. The van der Waals surface area contributed by atoms with Crippen molar-refractivity contribution in [2.45, 2.75) is 45.3 Å². The third-order valence-electron chi connectivity index (χ3n) is 6.31. The lowest BCUT2D eigenvalue weighted by Gasteiger charge is -2.13. The zero-order valence-corrected chi connectivity index (χ0v) is 19.4. The summed E-state index contributed by atoms with van der Waals surface area (Å²) in [6.45, 7) is 3.04. The number of hydrogen-bond donors (Lipinski definition) is 1. The van der Waals surface area contributed by atoms with Crippen LogP contribution in [0.25, 0.3) is 22.1 Å². The van der Waals surface area contributed by atoms with Gasteiger partial charge in [-0.1, -0.05) is 36.4 Å². The highest BCUT2D eigenvalue weighted by molar-refractivity contribution is 5.86. The first-order valence-electron chi connectivity index (χ1n) is 11.9. The molecule has 1 saturated carbocycles. The molecule has 0 saturated heterocycles. The molecule has 5 nitrogen and oxygen atoms in total. The molecule has 0 bridgehead atoms. The summed E-state index contributed by atoms with van der Waals surface area (Å²) in [7, 11) is 0. The van der Waals surface area contributed by atoms with Crippen LogP contribution < -0.4 is 10.5 Å². The maximum absolute atomic E-state index is 12.1. The summed E-state index contributed by atoms with van der Waals surface area (Å²) in [6, 6.07) is 20.6. The molecule has 0 aliphatic heterocycles. The summed E-state index contributed by atoms with van der Waals surface area (Å²) in [6.07, 6.45) is 4.36. The maximum Gasteiger partial charge on any atom is 0.310 e. The normalized spacial score (nSPS) is 13.2. The van der Waals surface area contributed by atoms with Crippen molar-refractivity contribution in [2.24, 2.45) is 5.73 Å². The van der Waals surface area contributed by atoms with Crippen molar-refractivity contribution in [3.8, 4) is 16.9 Å². The van der Waals surface area contributed by atoms with E-state index < -0.39 is 0 Å². The molecule has 1 heterocycles. The summed E-state index contributed by atoms with van der Waals surface area (Å²) in [5, 5.41) is 1.01. The lowest BCUT2D eigenvalue weighted by Crippen LogP contribution is -2.09. The zero-order chi connectivity index (χ0) is 23.5. The molecule has 1 aliphatic carbocycles. The Hall–Kier alpha value is -3.57. The Bertz CT molecular complexity index is 1320. The second-order valence-electron chi connectivity index (χ2n) is 8.79. The second kappa shape index (κ2) is 9.74. The number of carbonyl (C=O) groups excluding carboxylic acids is 1. The predicted molar refractivity (Wildman–Crippen MR) is 133 cm³/mol. The summed E-state index contributed by atoms with van der Waals surface area (Å²) < 4.78 is 17.2. The molecule has 1 aliphatic rings. The molecule has 3 aromatic carbocycles. The Morgan fingerprint density at radius 2 is 1.88 bits per heavy atom. The van der Waals surface area contributed by atoms with E-state index in [1.807, 2.05) is 31.2 Å². The highest BCUT2D eigenvalue weighted by atomic mass is 16.5. The van der Waals surface area contributed by atoms with Gasteiger partial charge in [0.15, 0.2) is 0 Å². The van der Waals surface area contributed by atoms with Gasteiger partial charge in [0.05, 0.1) is 19.3 Å². The number of esters is 1. The third-order valence-corrected chi connectivity index (χ3v) is 6.31. The molecule has 174 valence electrons. The smallest absolute Gasteiger partial charge is 0.310 e. The molecule has 0 spiro atoms. The largest absolute Gasteiger partial charge is 0.488 e. The van der Waals surface area contributed by atoms with Gasteiger partial charge in [0.1, 0.15) is 17.9 Å². The van der Waals surface area contributed by atoms with E-state index in [2.05, 4.69) is 36.4 Å². The molecular formula is C29H29NO4. The van der Waals surface area contributed by atoms with E-state index >= 15 is 0 Å². The molecule has 34 heavy (non-hydrogen) atoms. The topological polar surface area (TPSA) is 74.7 Å². The number of nitrogens with two attached hydrogens (primary N) is 1. The van der Waals surface area contributed by atoms with Crippen molar-refractivity contribution in [2.75, 3.05) is 6.61 Å². The highest BCUT2D eigenvalue weighted by Gasteiger charge is 2.25. The summed E-state index contributed by atoms with van der Waals surface area (Å²) in [5.74, 6) is 1.09. The number of hydrogen-bond acceptors (Lipinski definition) is 5. The van der Waals surface area contributed by atoms with Crippen LogP contribution in [0, 0.1) is 0 Å². The molecule has 0 unspecified atom stereocenters. The van der Waals surface area contributed by atoms with E-state index in [1.165, 1.54) is 18.4 Å². The van der Waals surface area contributed by atoms with Gasteiger partial charge in [-0.25, -0.2) is 0 Å². The molecule has 1 aromatic heterocycles. The quantitative estimate of drug-likeness (QED) is 0.308. The van der Waals surface area contributed by atoms with E-state index in [9.17, 15) is 4.79 Å². The van der Waals surface area contributed by atoms with Crippen molar-refractivity contribution in [1.82, 2.24) is 0 Å². The molecule has 0 atom stereocenters. The van der Waals surface area contributed by atoms with Gasteiger partial charge in [0.2, 0.25) is 0 Å². The standard InChI is InChI=1S/C29H29NO4/c1-2-32-29(31)15-24-9-8-23(20-6-7-20)14-28(24)34-18-25-17-33-27-11-10-22(13-26(25)27)21-5-3-4-19(12-21)16-30/h3-5,8-14,17,20H,2,6-7,15-16,18,30H2,1H3. The number of ether oxygens (including phenoxy) is 2. The number of fused-ring (bicyclic) bond motifs is 1. The molecule has 1 fully saturated rings. The SMILES string of the molecule is CCOC(=O)Cc1ccc(C2CC2)cc1OCc1coc2ccc(-c3cccc(CN)c3)cc12. The van der Waals surface area contributed by atoms with Crippen molar-refractivity contribution in [1.29, 1.82) is 0 Å². The van der Waals surface area contributed by atoms with Crippen LogP contribution >= 0.6 is 0 Å². The van der Waals surface area contributed by atoms with Gasteiger partial charge in [0, 0.05) is 23.1 Å². The molecular weight excluding hydrogens is 426 g/mol. The van der Waals surface area contributed by atoms with Gasteiger partial charge in [-0.2, -0.15) is 0 Å². The van der Waals surface area contributed by atoms with E-state index in [4.69, 9.17) is 19.6 Å². The maximum atomic E-state index is 12.1. The van der Waals surface area contributed by atoms with Gasteiger partial charge in [0.25, 0.3) is 0 Å². The molecule has 4 aromatic rings. The zero-order valence-electron chi connectivity index (χ0n) is 19.4. The molecule has 5 rings (SSSR count). The monoisotopic (exact) mass is 455 g/mol. The fourth-order valence-corrected chi connectivity index (χ4v) is 4.30. The Kier molecular flexibility index (Phi) is 6.37. The van der Waals surface area contributed by atoms with Crippen LogP contribution in [0.2, 0.25) is 0 Å². The van der Waals surface area contributed by atoms with Crippen molar-refractivity contribution in [3.63, 3.8) is 0 Å². The number of furan rings is 1. The number of carbonyl (C=O) groups is 1. The minimum absolute atomic E-state index is 0.196. The van der Waals surface area contributed by atoms with E-state index in [0.717, 1.165) is 44.5 Å². The Balaban J connectivity index is 1.41. The first-order chi connectivity index (χ1) is 16.6. The Morgan fingerprint density at radius 1 is 1.03 bits per heavy atom. The highest BCUT2D eigenvalue weighted by Crippen LogP contribution is 2.42. The van der Waals surface area contributed by atoms with Crippen LogP contribution in [0.15, 0.2) is 71.3 Å². The third kappa shape index (κ3) is 4.85. The number of rotatable bonds is 9. The molecule has 5 heteroatoms. The van der Waals surface area contributed by atoms with E-state index in [1.54, 1.807) is 6.26 Å². The van der Waals surface area contributed by atoms with Crippen LogP contribution in [0.3, 0.4) is 0 Å². The van der Waals surface area contributed by atoms with E-state index in [0.29, 0.717) is 25.7 Å². The fraction of sp³-hybridized carbons (Fsp3) is 0.276. The minimum atomic E-state index is -0.246. The van der Waals surface area contributed by atoms with Crippen molar-refractivity contribution >= 4 is 16.9 Å². The van der Waals surface area contributed by atoms with E-state index in [-0.39, 0.29) is 12.4 Å². The lowest BCUT2D eigenvalue weighted by molar-refractivity contribution is -0.142. The average Bonchev–Trinajstić information content (AvgIpc) is 3.63. The summed E-state index contributed by atoms with van der Waals surface area (Å²) in [4.78, 5) is 12.1. The van der Waals surface area contributed by atoms with Crippen molar-refractivity contribution in [3.05, 3.63) is 89.2 Å². The Labute approximate surface area is 199 Å². The lowest BCUT2D eigenvalue weighted by atomic mass is 10.0. The minimum Gasteiger partial charge on any atom is -0.488 e. The van der Waals surface area contributed by atoms with Gasteiger partial charge < -0.3 is 19.6 Å². The summed E-state index contributed by atoms with van der Waals surface area (Å²) in [5.41, 5.74) is 13.0. The first-order valence-corrected chi connectivity index (χ1v) is 11.9. The van der Waals surface area contributed by atoms with Gasteiger partial charge in [-0.05, 0) is 72.2 Å². The van der Waals surface area contributed by atoms with Crippen LogP contribution in [0.5, 0.6) is 5.75 Å². The second-order valence-corrected chi connectivity index (χ2v) is 8.79. The van der Waals surface area contributed by atoms with Crippen molar-refractivity contribution < 1.29 is 18.7 Å². The summed E-state index contributed by atoms with van der Waals surface area (Å²) >= 11 is 0. The van der Waals surface area contributed by atoms with Gasteiger partial charge in [-0.15, -0.1) is 0 Å². The molecule has 0 amide bonds. The molecule has 2 N–H and O–H groups in total. The fourth-order valence-electron chi connectivity index (χ4n) is 4.30. The van der Waals surface area contributed by atoms with Crippen LogP contribution in [-0.4, -0.2) is 12.6 Å². The number of benzene rings is 3. The van der Waals surface area contributed by atoms with Crippen LogP contribution in [0.4, 0.5) is 0 Å². The van der Waals surface area contributed by atoms with Crippen LogP contribution in [0.1, 0.15) is 47.9 Å².